The second kappa shape index (κ2) is 9.44. The Kier molecular flexibility index (Phi) is 9.35. The third-order valence-electron chi connectivity index (χ3n) is 2.18. The van der Waals surface area contributed by atoms with Gasteiger partial charge in [0.1, 0.15) is 0 Å². The van der Waals surface area contributed by atoms with Crippen LogP contribution in [0.3, 0.4) is 0 Å². The summed E-state index contributed by atoms with van der Waals surface area (Å²) in [5.41, 5.74) is 0. The molecule has 0 saturated carbocycles. The fraction of sp³-hybridized carbons (Fsp3) is 1.00. The smallest absolute Gasteiger partial charge is 0.0900 e. The molecule has 86 valence electrons. The van der Waals surface area contributed by atoms with Gasteiger partial charge in [0, 0.05) is 13.2 Å². The maximum atomic E-state index is 9.54. The second-order valence-corrected chi connectivity index (χ2v) is 3.78. The molecule has 0 aromatic rings. The molecule has 0 aliphatic rings. The predicted molar refractivity (Wildman–Crippen MR) is 59.5 cm³/mol. The average Bonchev–Trinajstić information content (AvgIpc) is 2.15. The van der Waals surface area contributed by atoms with Gasteiger partial charge in [-0.15, -0.1) is 0 Å². The van der Waals surface area contributed by atoms with Crippen LogP contribution >= 0.6 is 0 Å². The molecule has 14 heavy (non-hydrogen) atoms. The molecule has 0 aromatic heterocycles. The van der Waals surface area contributed by atoms with Gasteiger partial charge in [-0.1, -0.05) is 19.8 Å². The van der Waals surface area contributed by atoms with Crippen LogP contribution in [0.1, 0.15) is 33.1 Å². The molecular formula is C11H25NO2. The monoisotopic (exact) mass is 203 g/mol. The van der Waals surface area contributed by atoms with Crippen molar-refractivity contribution in [3.8, 4) is 0 Å². The van der Waals surface area contributed by atoms with Gasteiger partial charge in [0.05, 0.1) is 12.7 Å². The Morgan fingerprint density at radius 3 is 2.57 bits per heavy atom. The topological polar surface area (TPSA) is 32.7 Å². The van der Waals surface area contributed by atoms with Crippen molar-refractivity contribution >= 4 is 0 Å². The van der Waals surface area contributed by atoms with Gasteiger partial charge in [0.15, 0.2) is 0 Å². The first-order chi connectivity index (χ1) is 6.70. The van der Waals surface area contributed by atoms with Crippen LogP contribution in [0.4, 0.5) is 0 Å². The van der Waals surface area contributed by atoms with Crippen LogP contribution in [0.15, 0.2) is 0 Å². The van der Waals surface area contributed by atoms with E-state index in [1.54, 1.807) is 0 Å². The summed E-state index contributed by atoms with van der Waals surface area (Å²) in [5.74, 6) is 0. The largest absolute Gasteiger partial charge is 0.389 e. The van der Waals surface area contributed by atoms with Crippen molar-refractivity contribution in [2.75, 3.05) is 33.4 Å². The first-order valence-electron chi connectivity index (χ1n) is 5.65. The van der Waals surface area contributed by atoms with Gasteiger partial charge in [-0.05, 0) is 26.9 Å². The highest BCUT2D eigenvalue weighted by Gasteiger charge is 2.07. The van der Waals surface area contributed by atoms with Crippen LogP contribution in [0, 0.1) is 0 Å². The highest BCUT2D eigenvalue weighted by atomic mass is 16.5. The third-order valence-corrected chi connectivity index (χ3v) is 2.18. The van der Waals surface area contributed by atoms with E-state index in [0.717, 1.165) is 6.54 Å². The van der Waals surface area contributed by atoms with Crippen molar-refractivity contribution in [1.29, 1.82) is 0 Å². The van der Waals surface area contributed by atoms with E-state index >= 15 is 0 Å². The minimum absolute atomic E-state index is 0.346. The summed E-state index contributed by atoms with van der Waals surface area (Å²) in [4.78, 5) is 2.17. The fourth-order valence-corrected chi connectivity index (χ4v) is 1.39. The minimum Gasteiger partial charge on any atom is -0.389 e. The van der Waals surface area contributed by atoms with E-state index in [4.69, 9.17) is 4.74 Å². The van der Waals surface area contributed by atoms with Crippen LogP contribution < -0.4 is 0 Å². The zero-order chi connectivity index (χ0) is 10.8. The lowest BCUT2D eigenvalue weighted by Crippen LogP contribution is -2.32. The van der Waals surface area contributed by atoms with Crippen LogP contribution in [0.2, 0.25) is 0 Å². The van der Waals surface area contributed by atoms with E-state index in [0.29, 0.717) is 19.8 Å². The zero-order valence-corrected chi connectivity index (χ0v) is 9.83. The quantitative estimate of drug-likeness (QED) is 0.577. The molecule has 3 nitrogen and oxygen atoms in total. The van der Waals surface area contributed by atoms with Crippen LogP contribution in [-0.2, 0) is 4.74 Å². The Morgan fingerprint density at radius 2 is 2.00 bits per heavy atom. The number of hydrogen-bond acceptors (Lipinski definition) is 3. The van der Waals surface area contributed by atoms with Crippen LogP contribution in [0.5, 0.6) is 0 Å². The summed E-state index contributed by atoms with van der Waals surface area (Å²) in [7, 11) is 2.05. The molecule has 0 aliphatic carbocycles. The Morgan fingerprint density at radius 1 is 1.29 bits per heavy atom. The normalized spacial score (nSPS) is 13.5. The lowest BCUT2D eigenvalue weighted by Gasteiger charge is -2.20. The molecule has 0 rings (SSSR count). The summed E-state index contributed by atoms with van der Waals surface area (Å²) >= 11 is 0. The maximum absolute atomic E-state index is 9.54. The van der Waals surface area contributed by atoms with E-state index < -0.39 is 0 Å². The van der Waals surface area contributed by atoms with E-state index in [1.807, 2.05) is 14.0 Å². The van der Waals surface area contributed by atoms with Crippen molar-refractivity contribution in [2.24, 2.45) is 0 Å². The predicted octanol–water partition coefficient (Wildman–Crippen LogP) is 1.51. The number of hydrogen-bond donors (Lipinski definition) is 1. The van der Waals surface area contributed by atoms with Gasteiger partial charge in [-0.2, -0.15) is 0 Å². The number of likely N-dealkylation sites (N-methyl/N-ethyl adjacent to an activating group) is 1. The van der Waals surface area contributed by atoms with Crippen molar-refractivity contribution in [1.82, 2.24) is 4.90 Å². The zero-order valence-electron chi connectivity index (χ0n) is 9.83. The van der Waals surface area contributed by atoms with Gasteiger partial charge in [-0.3, -0.25) is 0 Å². The van der Waals surface area contributed by atoms with Crippen LogP contribution in [-0.4, -0.2) is 49.5 Å². The second-order valence-electron chi connectivity index (χ2n) is 3.78. The van der Waals surface area contributed by atoms with E-state index in [9.17, 15) is 5.11 Å². The molecule has 0 amide bonds. The molecule has 0 aromatic carbocycles. The van der Waals surface area contributed by atoms with Gasteiger partial charge in [0.2, 0.25) is 0 Å². The summed E-state index contributed by atoms with van der Waals surface area (Å²) < 4.78 is 5.15. The average molecular weight is 203 g/mol. The highest BCUT2D eigenvalue weighted by Crippen LogP contribution is 1.97. The van der Waals surface area contributed by atoms with Crippen molar-refractivity contribution < 1.29 is 9.84 Å². The SMILES string of the molecule is CCCCCN(C)CC(O)COCC. The molecule has 0 saturated heterocycles. The minimum atomic E-state index is -0.346. The molecule has 0 spiro atoms. The fourth-order valence-electron chi connectivity index (χ4n) is 1.39. The number of ether oxygens (including phenoxy) is 1. The highest BCUT2D eigenvalue weighted by molar-refractivity contribution is 4.60. The Bertz CT molecular complexity index is 120. The van der Waals surface area contributed by atoms with Gasteiger partial charge in [0.25, 0.3) is 0 Å². The van der Waals surface area contributed by atoms with E-state index in [2.05, 4.69) is 11.8 Å². The first-order valence-corrected chi connectivity index (χ1v) is 5.65. The molecule has 0 radical (unpaired) electrons. The maximum Gasteiger partial charge on any atom is 0.0900 e. The van der Waals surface area contributed by atoms with Crippen LogP contribution in [0.25, 0.3) is 0 Å². The van der Waals surface area contributed by atoms with Crippen molar-refractivity contribution in [3.05, 3.63) is 0 Å². The van der Waals surface area contributed by atoms with E-state index in [1.165, 1.54) is 19.3 Å². The molecule has 0 bridgehead atoms. The summed E-state index contributed by atoms with van der Waals surface area (Å²) in [5, 5.41) is 9.54. The molecular weight excluding hydrogens is 178 g/mol. The Hall–Kier alpha value is -0.120. The number of aliphatic hydroxyl groups excluding tert-OH is 1. The molecule has 0 aliphatic heterocycles. The first kappa shape index (κ1) is 13.9. The lowest BCUT2D eigenvalue weighted by molar-refractivity contribution is 0.0254. The summed E-state index contributed by atoms with van der Waals surface area (Å²) in [6.45, 7) is 7.05. The molecule has 0 heterocycles. The Balaban J connectivity index is 3.35. The standard InChI is InChI=1S/C11H25NO2/c1-4-6-7-8-12(3)9-11(13)10-14-5-2/h11,13H,4-10H2,1-3H3. The molecule has 1 atom stereocenters. The van der Waals surface area contributed by atoms with Crippen molar-refractivity contribution in [2.45, 2.75) is 39.2 Å². The number of nitrogens with zero attached hydrogens (tertiary/aromatic N) is 1. The Labute approximate surface area is 88.1 Å². The molecule has 1 unspecified atom stereocenters. The third kappa shape index (κ3) is 8.48. The van der Waals surface area contributed by atoms with Gasteiger partial charge < -0.3 is 14.7 Å². The number of unbranched alkanes of at least 4 members (excludes halogenated alkanes) is 2. The summed E-state index contributed by atoms with van der Waals surface area (Å²) in [6.07, 6.45) is 3.39. The summed E-state index contributed by atoms with van der Waals surface area (Å²) in [6, 6.07) is 0. The van der Waals surface area contributed by atoms with Gasteiger partial charge in [-0.25, -0.2) is 0 Å². The number of aliphatic hydroxyl groups is 1. The number of rotatable bonds is 9. The van der Waals surface area contributed by atoms with E-state index in [-0.39, 0.29) is 6.10 Å². The molecule has 0 fully saturated rings. The lowest BCUT2D eigenvalue weighted by atomic mass is 10.2. The van der Waals surface area contributed by atoms with Gasteiger partial charge >= 0.3 is 0 Å². The molecule has 3 heteroatoms. The molecule has 1 N–H and O–H groups in total. The van der Waals surface area contributed by atoms with Crippen molar-refractivity contribution in [3.63, 3.8) is 0 Å².